The fourth-order valence-electron chi connectivity index (χ4n) is 1.40. The molecule has 1 aliphatic heterocycles. The maximum absolute atomic E-state index is 4.25. The van der Waals surface area contributed by atoms with Crippen molar-refractivity contribution in [1.82, 2.24) is 20.2 Å². The molecule has 2 heterocycles. The molecular formula is C9H15N5. The lowest BCUT2D eigenvalue weighted by Gasteiger charge is -2.07. The van der Waals surface area contributed by atoms with Crippen molar-refractivity contribution in [3.05, 3.63) is 17.7 Å². The first-order valence-electron chi connectivity index (χ1n) is 4.77. The van der Waals surface area contributed by atoms with E-state index in [0.29, 0.717) is 0 Å². The van der Waals surface area contributed by atoms with Crippen LogP contribution in [0.25, 0.3) is 0 Å². The fraction of sp³-hybridized carbons (Fsp3) is 0.556. The molecule has 2 rings (SSSR count). The van der Waals surface area contributed by atoms with Crippen LogP contribution in [0, 0.1) is 6.92 Å². The summed E-state index contributed by atoms with van der Waals surface area (Å²) in [5, 5.41) is 6.39. The van der Waals surface area contributed by atoms with Crippen molar-refractivity contribution >= 4 is 5.96 Å². The second-order valence-corrected chi connectivity index (χ2v) is 3.37. The molecule has 5 nitrogen and oxygen atoms in total. The average molecular weight is 193 g/mol. The third kappa shape index (κ3) is 1.71. The van der Waals surface area contributed by atoms with Gasteiger partial charge in [0.2, 0.25) is 0 Å². The Bertz CT molecular complexity index is 352. The zero-order valence-electron chi connectivity index (χ0n) is 8.54. The van der Waals surface area contributed by atoms with Crippen molar-refractivity contribution in [3.63, 3.8) is 0 Å². The molecule has 1 aromatic heterocycles. The third-order valence-electron chi connectivity index (χ3n) is 2.43. The fourth-order valence-corrected chi connectivity index (χ4v) is 1.40. The van der Waals surface area contributed by atoms with Gasteiger partial charge in [0, 0.05) is 13.6 Å². The molecule has 0 unspecified atom stereocenters. The van der Waals surface area contributed by atoms with Crippen molar-refractivity contribution in [2.75, 3.05) is 13.1 Å². The van der Waals surface area contributed by atoms with Gasteiger partial charge in [0.25, 0.3) is 0 Å². The van der Waals surface area contributed by atoms with E-state index < -0.39 is 0 Å². The standard InChI is InChI=1S/C9H15N5/c1-7-12-5-8(14(7)2)6-13-9-10-3-4-11-9/h5H,3-4,6H2,1-2H3,(H2,10,11,13). The Morgan fingerprint density at radius 1 is 1.64 bits per heavy atom. The molecule has 0 bridgehead atoms. The highest BCUT2D eigenvalue weighted by Crippen LogP contribution is 2.00. The zero-order chi connectivity index (χ0) is 9.97. The summed E-state index contributed by atoms with van der Waals surface area (Å²) >= 11 is 0. The van der Waals surface area contributed by atoms with E-state index in [0.717, 1.165) is 31.4 Å². The summed E-state index contributed by atoms with van der Waals surface area (Å²) in [7, 11) is 2.02. The highest BCUT2D eigenvalue weighted by Gasteiger charge is 2.06. The Morgan fingerprint density at radius 3 is 3.07 bits per heavy atom. The van der Waals surface area contributed by atoms with Gasteiger partial charge >= 0.3 is 0 Å². The lowest BCUT2D eigenvalue weighted by Crippen LogP contribution is -2.33. The Labute approximate surface area is 83.2 Å². The minimum atomic E-state index is 0.767. The van der Waals surface area contributed by atoms with Crippen LogP contribution in [-0.2, 0) is 13.6 Å². The maximum atomic E-state index is 4.25. The molecule has 0 saturated heterocycles. The van der Waals surface area contributed by atoms with Gasteiger partial charge in [-0.15, -0.1) is 0 Å². The lowest BCUT2D eigenvalue weighted by atomic mass is 10.4. The summed E-state index contributed by atoms with van der Waals surface area (Å²) in [5.74, 6) is 1.92. The van der Waals surface area contributed by atoms with Crippen molar-refractivity contribution < 1.29 is 0 Å². The van der Waals surface area contributed by atoms with Crippen molar-refractivity contribution in [2.24, 2.45) is 12.0 Å². The molecule has 0 atom stereocenters. The lowest BCUT2D eigenvalue weighted by molar-refractivity contribution is 0.748. The van der Waals surface area contributed by atoms with E-state index in [1.54, 1.807) is 0 Å². The molecule has 5 heteroatoms. The number of hydrogen-bond acceptors (Lipinski definition) is 4. The molecule has 0 fully saturated rings. The number of aromatic nitrogens is 2. The largest absolute Gasteiger partial charge is 0.355 e. The van der Waals surface area contributed by atoms with Gasteiger partial charge in [0.15, 0.2) is 5.96 Å². The number of nitrogens with one attached hydrogen (secondary N) is 2. The van der Waals surface area contributed by atoms with Crippen LogP contribution >= 0.6 is 0 Å². The predicted octanol–water partition coefficient (Wildman–Crippen LogP) is -0.223. The minimum Gasteiger partial charge on any atom is -0.355 e. The van der Waals surface area contributed by atoms with E-state index in [2.05, 4.69) is 25.2 Å². The van der Waals surface area contributed by atoms with Gasteiger partial charge in [-0.1, -0.05) is 0 Å². The summed E-state index contributed by atoms with van der Waals surface area (Å²) < 4.78 is 2.07. The smallest absolute Gasteiger partial charge is 0.191 e. The van der Waals surface area contributed by atoms with E-state index in [1.165, 1.54) is 5.69 Å². The summed E-state index contributed by atoms with van der Waals surface area (Å²) in [5.41, 5.74) is 1.17. The first kappa shape index (κ1) is 9.05. The van der Waals surface area contributed by atoms with Gasteiger partial charge in [-0.3, -0.25) is 4.99 Å². The number of aryl methyl sites for hydroxylation is 1. The van der Waals surface area contributed by atoms with Crippen LogP contribution in [0.15, 0.2) is 11.2 Å². The second kappa shape index (κ2) is 3.69. The Morgan fingerprint density at radius 2 is 2.50 bits per heavy atom. The van der Waals surface area contributed by atoms with Crippen LogP contribution < -0.4 is 10.6 Å². The normalized spacial score (nSPS) is 15.1. The number of imidazole rings is 1. The molecule has 0 saturated carbocycles. The molecule has 0 radical (unpaired) electrons. The summed E-state index contributed by atoms with van der Waals surface area (Å²) in [4.78, 5) is 8.48. The van der Waals surface area contributed by atoms with Gasteiger partial charge < -0.3 is 15.2 Å². The molecule has 76 valence electrons. The monoisotopic (exact) mass is 193 g/mol. The van der Waals surface area contributed by atoms with Gasteiger partial charge in [0.05, 0.1) is 25.0 Å². The number of aliphatic imine (C=N–C) groups is 1. The Balaban J connectivity index is 1.94. The van der Waals surface area contributed by atoms with Crippen LogP contribution in [0.4, 0.5) is 0 Å². The molecule has 2 N–H and O–H groups in total. The van der Waals surface area contributed by atoms with Crippen molar-refractivity contribution in [2.45, 2.75) is 13.5 Å². The first-order chi connectivity index (χ1) is 6.77. The highest BCUT2D eigenvalue weighted by molar-refractivity contribution is 5.81. The Hall–Kier alpha value is -1.52. The third-order valence-corrected chi connectivity index (χ3v) is 2.43. The topological polar surface area (TPSA) is 54.2 Å². The van der Waals surface area contributed by atoms with E-state index in [4.69, 9.17) is 0 Å². The van der Waals surface area contributed by atoms with Crippen LogP contribution in [0.3, 0.4) is 0 Å². The van der Waals surface area contributed by atoms with Crippen LogP contribution in [-0.4, -0.2) is 28.6 Å². The van der Waals surface area contributed by atoms with E-state index in [9.17, 15) is 0 Å². The first-order valence-corrected chi connectivity index (χ1v) is 4.77. The zero-order valence-corrected chi connectivity index (χ0v) is 8.54. The predicted molar refractivity (Wildman–Crippen MR) is 55.1 cm³/mol. The van der Waals surface area contributed by atoms with E-state index in [-0.39, 0.29) is 0 Å². The molecule has 1 aromatic rings. The minimum absolute atomic E-state index is 0.767. The quantitative estimate of drug-likeness (QED) is 0.682. The van der Waals surface area contributed by atoms with Crippen molar-refractivity contribution in [1.29, 1.82) is 0 Å². The molecule has 14 heavy (non-hydrogen) atoms. The number of guanidine groups is 1. The summed E-state index contributed by atoms with van der Waals surface area (Å²) in [6.07, 6.45) is 1.89. The summed E-state index contributed by atoms with van der Waals surface area (Å²) in [6, 6.07) is 0. The van der Waals surface area contributed by atoms with Gasteiger partial charge in [-0.05, 0) is 6.92 Å². The van der Waals surface area contributed by atoms with E-state index in [1.807, 2.05) is 20.2 Å². The second-order valence-electron chi connectivity index (χ2n) is 3.37. The number of nitrogens with zero attached hydrogens (tertiary/aromatic N) is 3. The van der Waals surface area contributed by atoms with Crippen LogP contribution in [0.1, 0.15) is 11.5 Å². The molecule has 0 spiro atoms. The Kier molecular flexibility index (Phi) is 2.39. The molecule has 0 aromatic carbocycles. The van der Waals surface area contributed by atoms with Gasteiger partial charge in [-0.2, -0.15) is 0 Å². The molecule has 0 amide bonds. The summed E-state index contributed by atoms with van der Waals surface area (Å²) in [6.45, 7) is 4.57. The van der Waals surface area contributed by atoms with Gasteiger partial charge in [0.1, 0.15) is 5.82 Å². The molecule has 1 aliphatic rings. The SMILES string of the molecule is Cc1ncc(CNC2=NCCN2)n1C. The van der Waals surface area contributed by atoms with Crippen LogP contribution in [0.5, 0.6) is 0 Å². The molecular weight excluding hydrogens is 178 g/mol. The van der Waals surface area contributed by atoms with Crippen LogP contribution in [0.2, 0.25) is 0 Å². The van der Waals surface area contributed by atoms with Gasteiger partial charge in [-0.25, -0.2) is 4.98 Å². The van der Waals surface area contributed by atoms with E-state index >= 15 is 0 Å². The number of hydrogen-bond donors (Lipinski definition) is 2. The molecule has 0 aliphatic carbocycles. The average Bonchev–Trinajstić information content (AvgIpc) is 2.77. The maximum Gasteiger partial charge on any atom is 0.191 e. The number of rotatable bonds is 2. The highest BCUT2D eigenvalue weighted by atomic mass is 15.2. The van der Waals surface area contributed by atoms with Crippen molar-refractivity contribution in [3.8, 4) is 0 Å².